The SMILES string of the molecule is CCN1CCN(C(C)CNC(=O)C2(N)CCCC2)CC1.Cl.Cl.Cl. The van der Waals surface area contributed by atoms with Crippen LogP contribution in [-0.2, 0) is 4.79 Å². The Morgan fingerprint density at radius 1 is 1.13 bits per heavy atom. The van der Waals surface area contributed by atoms with Crippen LogP contribution in [-0.4, -0.2) is 66.6 Å². The summed E-state index contributed by atoms with van der Waals surface area (Å²) < 4.78 is 0. The van der Waals surface area contributed by atoms with E-state index in [1.807, 2.05) is 0 Å². The Kier molecular flexibility index (Phi) is 13.0. The third kappa shape index (κ3) is 6.92. The van der Waals surface area contributed by atoms with Crippen molar-refractivity contribution in [3.8, 4) is 0 Å². The number of rotatable bonds is 5. The molecular weight excluding hydrogens is 359 g/mol. The van der Waals surface area contributed by atoms with Crippen molar-refractivity contribution in [3.63, 3.8) is 0 Å². The Labute approximate surface area is 159 Å². The molecule has 8 heteroatoms. The van der Waals surface area contributed by atoms with E-state index >= 15 is 0 Å². The number of nitrogens with zero attached hydrogens (tertiary/aromatic N) is 2. The van der Waals surface area contributed by atoms with E-state index in [9.17, 15) is 4.79 Å². The van der Waals surface area contributed by atoms with Crippen molar-refractivity contribution in [1.29, 1.82) is 0 Å². The van der Waals surface area contributed by atoms with Crippen LogP contribution in [0, 0.1) is 0 Å². The van der Waals surface area contributed by atoms with Gasteiger partial charge in [0.2, 0.25) is 5.91 Å². The zero-order chi connectivity index (χ0) is 14.6. The molecule has 0 spiro atoms. The number of nitrogens with two attached hydrogens (primary N) is 1. The van der Waals surface area contributed by atoms with E-state index in [0.717, 1.165) is 58.4 Å². The molecule has 1 heterocycles. The van der Waals surface area contributed by atoms with Crippen LogP contribution >= 0.6 is 37.2 Å². The summed E-state index contributed by atoms with van der Waals surface area (Å²) in [5.74, 6) is 0.0500. The average molecular weight is 392 g/mol. The topological polar surface area (TPSA) is 61.6 Å². The maximum absolute atomic E-state index is 12.2. The lowest BCUT2D eigenvalue weighted by atomic mass is 9.98. The third-order valence-electron chi connectivity index (χ3n) is 4.98. The Bertz CT molecular complexity index is 333. The van der Waals surface area contributed by atoms with Crippen molar-refractivity contribution in [3.05, 3.63) is 0 Å². The molecule has 1 atom stereocenters. The van der Waals surface area contributed by atoms with E-state index < -0.39 is 5.54 Å². The van der Waals surface area contributed by atoms with Crippen molar-refractivity contribution in [1.82, 2.24) is 15.1 Å². The first-order chi connectivity index (χ1) is 9.55. The minimum atomic E-state index is -0.597. The van der Waals surface area contributed by atoms with E-state index in [1.165, 1.54) is 0 Å². The Morgan fingerprint density at radius 2 is 1.65 bits per heavy atom. The maximum atomic E-state index is 12.2. The quantitative estimate of drug-likeness (QED) is 0.748. The average Bonchev–Trinajstić information content (AvgIpc) is 2.92. The highest BCUT2D eigenvalue weighted by molar-refractivity contribution is 5.86. The molecule has 140 valence electrons. The summed E-state index contributed by atoms with van der Waals surface area (Å²) in [5, 5.41) is 3.07. The molecule has 0 aromatic carbocycles. The van der Waals surface area contributed by atoms with Gasteiger partial charge in [-0.05, 0) is 26.3 Å². The fraction of sp³-hybridized carbons (Fsp3) is 0.933. The number of carbonyl (C=O) groups is 1. The first-order valence-electron chi connectivity index (χ1n) is 8.09. The first kappa shape index (κ1) is 25.5. The molecule has 0 bridgehead atoms. The minimum Gasteiger partial charge on any atom is -0.353 e. The molecule has 0 radical (unpaired) electrons. The number of halogens is 3. The van der Waals surface area contributed by atoms with Crippen LogP contribution in [0.3, 0.4) is 0 Å². The van der Waals surface area contributed by atoms with E-state index in [2.05, 4.69) is 29.0 Å². The van der Waals surface area contributed by atoms with Gasteiger partial charge in [-0.3, -0.25) is 9.69 Å². The second kappa shape index (κ2) is 11.7. The van der Waals surface area contributed by atoms with Crippen molar-refractivity contribution >= 4 is 43.1 Å². The molecule has 1 saturated carbocycles. The van der Waals surface area contributed by atoms with Gasteiger partial charge in [0.25, 0.3) is 0 Å². The molecule has 1 unspecified atom stereocenters. The van der Waals surface area contributed by atoms with Gasteiger partial charge in [0.15, 0.2) is 0 Å². The Morgan fingerprint density at radius 3 is 2.13 bits per heavy atom. The summed E-state index contributed by atoms with van der Waals surface area (Å²) in [5.41, 5.74) is 5.57. The predicted molar refractivity (Wildman–Crippen MR) is 103 cm³/mol. The van der Waals surface area contributed by atoms with Crippen LogP contribution in [0.25, 0.3) is 0 Å². The second-order valence-corrected chi connectivity index (χ2v) is 6.39. The van der Waals surface area contributed by atoms with Crippen LogP contribution in [0.5, 0.6) is 0 Å². The van der Waals surface area contributed by atoms with Crippen LogP contribution < -0.4 is 11.1 Å². The molecule has 5 nitrogen and oxygen atoms in total. The molecular formula is C15H33Cl3N4O. The summed E-state index contributed by atoms with van der Waals surface area (Å²) >= 11 is 0. The summed E-state index contributed by atoms with van der Waals surface area (Å²) in [6.07, 6.45) is 3.83. The smallest absolute Gasteiger partial charge is 0.240 e. The molecule has 1 aliphatic carbocycles. The number of carbonyl (C=O) groups excluding carboxylic acids is 1. The number of likely N-dealkylation sites (N-methyl/N-ethyl adjacent to an activating group) is 1. The molecule has 3 N–H and O–H groups in total. The lowest BCUT2D eigenvalue weighted by Crippen LogP contribution is -2.56. The van der Waals surface area contributed by atoms with Gasteiger partial charge >= 0.3 is 0 Å². The van der Waals surface area contributed by atoms with E-state index in [1.54, 1.807) is 0 Å². The monoisotopic (exact) mass is 390 g/mol. The molecule has 0 aromatic heterocycles. The number of hydrogen-bond acceptors (Lipinski definition) is 4. The molecule has 1 aliphatic heterocycles. The lowest BCUT2D eigenvalue weighted by Gasteiger charge is -2.38. The number of nitrogens with one attached hydrogen (secondary N) is 1. The number of amides is 1. The second-order valence-electron chi connectivity index (χ2n) is 6.39. The lowest BCUT2D eigenvalue weighted by molar-refractivity contribution is -0.126. The van der Waals surface area contributed by atoms with Gasteiger partial charge in [0.1, 0.15) is 0 Å². The molecule has 1 amide bonds. The highest BCUT2D eigenvalue weighted by atomic mass is 35.5. The number of hydrogen-bond donors (Lipinski definition) is 2. The van der Waals surface area contributed by atoms with Gasteiger partial charge in [-0.15, -0.1) is 37.2 Å². The van der Waals surface area contributed by atoms with Crippen molar-refractivity contribution < 1.29 is 4.79 Å². The molecule has 0 aromatic rings. The van der Waals surface area contributed by atoms with Crippen LogP contribution in [0.15, 0.2) is 0 Å². The minimum absolute atomic E-state index is 0. The Balaban J connectivity index is 0. The van der Waals surface area contributed by atoms with Gasteiger partial charge in [-0.2, -0.15) is 0 Å². The normalized spacial score (nSPS) is 22.2. The largest absolute Gasteiger partial charge is 0.353 e. The zero-order valence-electron chi connectivity index (χ0n) is 14.3. The van der Waals surface area contributed by atoms with Gasteiger partial charge in [0.05, 0.1) is 5.54 Å². The summed E-state index contributed by atoms with van der Waals surface area (Å²) in [6.45, 7) is 10.7. The summed E-state index contributed by atoms with van der Waals surface area (Å²) in [6, 6.07) is 0.392. The molecule has 2 rings (SSSR count). The van der Waals surface area contributed by atoms with Crippen LogP contribution in [0.2, 0.25) is 0 Å². The fourth-order valence-electron chi connectivity index (χ4n) is 3.30. The fourth-order valence-corrected chi connectivity index (χ4v) is 3.30. The van der Waals surface area contributed by atoms with Crippen LogP contribution in [0.4, 0.5) is 0 Å². The maximum Gasteiger partial charge on any atom is 0.240 e. The van der Waals surface area contributed by atoms with Gasteiger partial charge < -0.3 is 16.0 Å². The van der Waals surface area contributed by atoms with Gasteiger partial charge in [0, 0.05) is 38.8 Å². The van der Waals surface area contributed by atoms with Crippen molar-refractivity contribution in [2.45, 2.75) is 51.1 Å². The molecule has 2 fully saturated rings. The zero-order valence-corrected chi connectivity index (χ0v) is 16.7. The summed E-state index contributed by atoms with van der Waals surface area (Å²) in [7, 11) is 0. The van der Waals surface area contributed by atoms with Gasteiger partial charge in [-0.25, -0.2) is 0 Å². The molecule has 1 saturated heterocycles. The standard InChI is InChI=1S/C15H30N4O.3ClH/c1-3-18-8-10-19(11-9-18)13(2)12-17-14(20)15(16)6-4-5-7-15;;;/h13H,3-12,16H2,1-2H3,(H,17,20);3*1H. The highest BCUT2D eigenvalue weighted by Gasteiger charge is 2.37. The predicted octanol–water partition coefficient (Wildman–Crippen LogP) is 1.67. The van der Waals surface area contributed by atoms with Crippen molar-refractivity contribution in [2.24, 2.45) is 5.73 Å². The Hall–Kier alpha value is 0.220. The van der Waals surface area contributed by atoms with Crippen molar-refractivity contribution in [2.75, 3.05) is 39.3 Å². The van der Waals surface area contributed by atoms with E-state index in [-0.39, 0.29) is 43.1 Å². The molecule has 23 heavy (non-hydrogen) atoms. The van der Waals surface area contributed by atoms with E-state index in [4.69, 9.17) is 5.73 Å². The van der Waals surface area contributed by atoms with Gasteiger partial charge in [-0.1, -0.05) is 19.8 Å². The van der Waals surface area contributed by atoms with Crippen LogP contribution in [0.1, 0.15) is 39.5 Å². The highest BCUT2D eigenvalue weighted by Crippen LogP contribution is 2.27. The number of piperazine rings is 1. The first-order valence-corrected chi connectivity index (χ1v) is 8.09. The van der Waals surface area contributed by atoms with E-state index in [0.29, 0.717) is 12.6 Å². The summed E-state index contributed by atoms with van der Waals surface area (Å²) in [4.78, 5) is 17.1. The molecule has 2 aliphatic rings. The third-order valence-corrected chi connectivity index (χ3v) is 4.98.